The van der Waals surface area contributed by atoms with E-state index in [1.807, 2.05) is 12.1 Å². The molecule has 2 aromatic carbocycles. The quantitative estimate of drug-likeness (QED) is 0.664. The van der Waals surface area contributed by atoms with Crippen LogP contribution in [0.2, 0.25) is 19.6 Å². The smallest absolute Gasteiger partial charge is 0.130 e. The van der Waals surface area contributed by atoms with Crippen LogP contribution in [-0.2, 0) is 0 Å². The highest BCUT2D eigenvalue weighted by atomic mass is 28.3. The molecular weight excluding hydrogens is 236 g/mol. The van der Waals surface area contributed by atoms with Crippen molar-refractivity contribution in [3.63, 3.8) is 0 Å². The molecule has 2 aromatic rings. The lowest BCUT2D eigenvalue weighted by Gasteiger charge is -2.35. The van der Waals surface area contributed by atoms with Crippen LogP contribution in [0, 0.1) is 0 Å². The first kappa shape index (κ1) is 11.5. The summed E-state index contributed by atoms with van der Waals surface area (Å²) in [5.74, 6) is 2.06. The molecule has 0 aromatic heterocycles. The van der Waals surface area contributed by atoms with Gasteiger partial charge in [-0.15, -0.1) is 0 Å². The van der Waals surface area contributed by atoms with Crippen LogP contribution in [-0.4, -0.2) is 8.07 Å². The summed E-state index contributed by atoms with van der Waals surface area (Å²) in [7, 11) is -1.34. The molecular formula is C16H18OSi. The zero-order valence-corrected chi connectivity index (χ0v) is 12.1. The van der Waals surface area contributed by atoms with E-state index in [1.54, 1.807) is 0 Å². The highest BCUT2D eigenvalue weighted by molar-refractivity contribution is 6.78. The fraction of sp³-hybridized carbons (Fsp3) is 0.250. The molecule has 0 unspecified atom stereocenters. The van der Waals surface area contributed by atoms with Gasteiger partial charge in [0.05, 0.1) is 8.07 Å². The summed E-state index contributed by atoms with van der Waals surface area (Å²) in [6, 6.07) is 16.9. The first-order valence-corrected chi connectivity index (χ1v) is 10.0. The van der Waals surface area contributed by atoms with Crippen LogP contribution < -0.4 is 4.74 Å². The van der Waals surface area contributed by atoms with Gasteiger partial charge in [-0.2, -0.15) is 0 Å². The molecule has 0 amide bonds. The second kappa shape index (κ2) is 3.99. The Kier molecular flexibility index (Phi) is 2.56. The number of para-hydroxylation sites is 2. The zero-order valence-electron chi connectivity index (χ0n) is 11.1. The summed E-state index contributed by atoms with van der Waals surface area (Å²) in [4.78, 5) is 0. The lowest BCUT2D eigenvalue weighted by molar-refractivity contribution is 0.456. The first-order chi connectivity index (χ1) is 8.57. The van der Waals surface area contributed by atoms with Gasteiger partial charge in [0.25, 0.3) is 0 Å². The van der Waals surface area contributed by atoms with Gasteiger partial charge >= 0.3 is 0 Å². The van der Waals surface area contributed by atoms with Crippen molar-refractivity contribution in [3.8, 4) is 11.5 Å². The van der Waals surface area contributed by atoms with Gasteiger partial charge < -0.3 is 4.74 Å². The fourth-order valence-electron chi connectivity index (χ4n) is 2.84. The van der Waals surface area contributed by atoms with Gasteiger partial charge in [-0.25, -0.2) is 0 Å². The lowest BCUT2D eigenvalue weighted by Crippen LogP contribution is -2.33. The molecule has 0 saturated heterocycles. The third-order valence-electron chi connectivity index (χ3n) is 3.55. The Balaban J connectivity index is 2.24. The number of ether oxygens (including phenoxy) is 1. The monoisotopic (exact) mass is 254 g/mol. The van der Waals surface area contributed by atoms with E-state index in [9.17, 15) is 0 Å². The van der Waals surface area contributed by atoms with Crippen molar-refractivity contribution in [1.29, 1.82) is 0 Å². The van der Waals surface area contributed by atoms with E-state index in [4.69, 9.17) is 4.74 Å². The van der Waals surface area contributed by atoms with E-state index >= 15 is 0 Å². The molecule has 0 atom stereocenters. The van der Waals surface area contributed by atoms with Gasteiger partial charge in [0.1, 0.15) is 11.5 Å². The molecule has 1 aliphatic heterocycles. The van der Waals surface area contributed by atoms with Crippen LogP contribution >= 0.6 is 0 Å². The predicted octanol–water partition coefficient (Wildman–Crippen LogP) is 4.80. The lowest BCUT2D eigenvalue weighted by atomic mass is 10.00. The Morgan fingerprint density at radius 3 is 1.67 bits per heavy atom. The second-order valence-electron chi connectivity index (χ2n) is 5.98. The fourth-order valence-corrected chi connectivity index (χ4v) is 5.19. The Bertz CT molecular complexity index is 538. The molecule has 0 radical (unpaired) electrons. The maximum absolute atomic E-state index is 6.03. The molecule has 0 aliphatic carbocycles. The van der Waals surface area contributed by atoms with Crippen molar-refractivity contribution in [1.82, 2.24) is 0 Å². The van der Waals surface area contributed by atoms with E-state index in [0.717, 1.165) is 11.5 Å². The summed E-state index contributed by atoms with van der Waals surface area (Å²) in [6.07, 6.45) is 0. The third-order valence-corrected chi connectivity index (χ3v) is 5.90. The number of hydrogen-bond acceptors (Lipinski definition) is 1. The minimum Gasteiger partial charge on any atom is -0.457 e. The maximum atomic E-state index is 6.03. The summed E-state index contributed by atoms with van der Waals surface area (Å²) < 4.78 is 6.03. The van der Waals surface area contributed by atoms with Gasteiger partial charge in [0.15, 0.2) is 0 Å². The van der Waals surface area contributed by atoms with Gasteiger partial charge in [-0.3, -0.25) is 0 Å². The van der Waals surface area contributed by atoms with Crippen molar-refractivity contribution >= 4 is 8.07 Å². The van der Waals surface area contributed by atoms with Crippen LogP contribution in [0.3, 0.4) is 0 Å². The van der Waals surface area contributed by atoms with Gasteiger partial charge in [0, 0.05) is 5.54 Å². The van der Waals surface area contributed by atoms with Crippen molar-refractivity contribution in [2.75, 3.05) is 0 Å². The SMILES string of the molecule is C[Si](C)(C)C1c2ccccc2Oc2ccccc21. The van der Waals surface area contributed by atoms with Gasteiger partial charge in [-0.05, 0) is 23.3 Å². The summed E-state index contributed by atoms with van der Waals surface area (Å²) in [5.41, 5.74) is 3.24. The normalized spacial score (nSPS) is 14.6. The van der Waals surface area contributed by atoms with E-state index in [2.05, 4.69) is 56.0 Å². The van der Waals surface area contributed by atoms with Crippen LogP contribution in [0.4, 0.5) is 0 Å². The van der Waals surface area contributed by atoms with Crippen LogP contribution in [0.5, 0.6) is 11.5 Å². The first-order valence-electron chi connectivity index (χ1n) is 6.43. The van der Waals surface area contributed by atoms with Crippen LogP contribution in [0.25, 0.3) is 0 Å². The molecule has 92 valence electrons. The van der Waals surface area contributed by atoms with Crippen molar-refractivity contribution in [3.05, 3.63) is 59.7 Å². The van der Waals surface area contributed by atoms with E-state index < -0.39 is 8.07 Å². The molecule has 0 spiro atoms. The summed E-state index contributed by atoms with van der Waals surface area (Å²) in [5, 5.41) is 0. The number of benzene rings is 2. The van der Waals surface area contributed by atoms with E-state index in [1.165, 1.54) is 11.1 Å². The number of fused-ring (bicyclic) bond motifs is 2. The summed E-state index contributed by atoms with van der Waals surface area (Å²) >= 11 is 0. The molecule has 0 N–H and O–H groups in total. The Hall–Kier alpha value is -1.54. The van der Waals surface area contributed by atoms with E-state index in [-0.39, 0.29) is 0 Å². The largest absolute Gasteiger partial charge is 0.457 e. The van der Waals surface area contributed by atoms with E-state index in [0.29, 0.717) is 5.54 Å². The zero-order chi connectivity index (χ0) is 12.8. The minimum absolute atomic E-state index is 0.527. The van der Waals surface area contributed by atoms with Crippen molar-refractivity contribution < 1.29 is 4.74 Å². The average Bonchev–Trinajstić information content (AvgIpc) is 2.34. The van der Waals surface area contributed by atoms with Crippen LogP contribution in [0.15, 0.2) is 48.5 Å². The minimum atomic E-state index is -1.34. The topological polar surface area (TPSA) is 9.23 Å². The average molecular weight is 254 g/mol. The highest BCUT2D eigenvalue weighted by Crippen LogP contribution is 2.47. The molecule has 1 nitrogen and oxygen atoms in total. The number of hydrogen-bond donors (Lipinski definition) is 0. The molecule has 3 rings (SSSR count). The van der Waals surface area contributed by atoms with Gasteiger partial charge in [0.2, 0.25) is 0 Å². The molecule has 1 aliphatic rings. The Morgan fingerprint density at radius 1 is 0.778 bits per heavy atom. The van der Waals surface area contributed by atoms with Crippen molar-refractivity contribution in [2.24, 2.45) is 0 Å². The molecule has 1 heterocycles. The third kappa shape index (κ3) is 1.77. The summed E-state index contributed by atoms with van der Waals surface area (Å²) in [6.45, 7) is 7.28. The molecule has 0 saturated carbocycles. The standard InChI is InChI=1S/C16H18OSi/c1-18(2,3)16-12-8-4-6-10-14(12)17-15-11-7-5-9-13(15)16/h4-11,16H,1-3H3. The van der Waals surface area contributed by atoms with Crippen molar-refractivity contribution in [2.45, 2.75) is 25.2 Å². The number of rotatable bonds is 1. The second-order valence-corrected chi connectivity index (χ2v) is 11.3. The molecule has 18 heavy (non-hydrogen) atoms. The molecule has 2 heteroatoms. The Morgan fingerprint density at radius 2 is 1.22 bits per heavy atom. The Labute approximate surface area is 109 Å². The highest BCUT2D eigenvalue weighted by Gasteiger charge is 2.36. The maximum Gasteiger partial charge on any atom is 0.130 e. The molecule has 0 fully saturated rings. The molecule has 0 bridgehead atoms. The van der Waals surface area contributed by atoms with Crippen LogP contribution in [0.1, 0.15) is 16.7 Å². The predicted molar refractivity (Wildman–Crippen MR) is 78.1 cm³/mol. The van der Waals surface area contributed by atoms with Gasteiger partial charge in [-0.1, -0.05) is 56.0 Å².